The van der Waals surface area contributed by atoms with Gasteiger partial charge >= 0.3 is 0 Å². The smallest absolute Gasteiger partial charge is 0.0159 e. The van der Waals surface area contributed by atoms with Crippen LogP contribution < -0.4 is 0 Å². The Bertz CT molecular complexity index is 7630. The van der Waals surface area contributed by atoms with Crippen molar-refractivity contribution in [1.82, 2.24) is 0 Å². The van der Waals surface area contributed by atoms with Gasteiger partial charge in [-0.3, -0.25) is 0 Å². The van der Waals surface area contributed by atoms with Gasteiger partial charge in [0.25, 0.3) is 0 Å². The molecule has 0 heterocycles. The minimum Gasteiger partial charge on any atom is -0.0616 e. The van der Waals surface area contributed by atoms with Gasteiger partial charge in [0.05, 0.1) is 0 Å². The average Bonchev–Trinajstić information content (AvgIpc) is 1.55. The minimum atomic E-state index is 0.0360. The van der Waals surface area contributed by atoms with E-state index in [-0.39, 0.29) is 32.5 Å². The average molecular weight is 1760 g/mol. The van der Waals surface area contributed by atoms with Crippen LogP contribution in [0.4, 0.5) is 0 Å². The zero-order chi connectivity index (χ0) is 94.2. The van der Waals surface area contributed by atoms with Gasteiger partial charge in [0.2, 0.25) is 0 Å². The highest BCUT2D eigenvalue weighted by Crippen LogP contribution is 2.62. The molecule has 0 spiro atoms. The molecule has 0 heteroatoms. The Morgan fingerprint density at radius 2 is 0.326 bits per heavy atom. The third kappa shape index (κ3) is 13.5. The van der Waals surface area contributed by atoms with E-state index < -0.39 is 0 Å². The summed E-state index contributed by atoms with van der Waals surface area (Å²) in [5, 5.41) is 11.1. The van der Waals surface area contributed by atoms with Gasteiger partial charge in [-0.05, 0) is 475 Å². The zero-order valence-corrected chi connectivity index (χ0v) is 85.7. The van der Waals surface area contributed by atoms with E-state index in [4.69, 9.17) is 0 Å². The summed E-state index contributed by atoms with van der Waals surface area (Å²) in [6.45, 7) is 55.9. The van der Waals surface area contributed by atoms with Crippen molar-refractivity contribution in [3.63, 3.8) is 0 Å². The van der Waals surface area contributed by atoms with Gasteiger partial charge in [-0.25, -0.2) is 0 Å². The van der Waals surface area contributed by atoms with E-state index >= 15 is 0 Å². The lowest BCUT2D eigenvalue weighted by Crippen LogP contribution is -2.17. The molecular weight excluding hydrogens is 1620 g/mol. The van der Waals surface area contributed by atoms with Gasteiger partial charge in [-0.1, -0.05) is 306 Å². The molecule has 0 radical (unpaired) electrons. The first kappa shape index (κ1) is 88.8. The van der Waals surface area contributed by atoms with Gasteiger partial charge in [-0.2, -0.15) is 0 Å². The van der Waals surface area contributed by atoms with Crippen LogP contribution in [-0.2, 0) is 96.7 Å². The van der Waals surface area contributed by atoms with Crippen molar-refractivity contribution in [3.8, 4) is 66.8 Å². The third-order valence-corrected chi connectivity index (χ3v) is 35.8. The summed E-state index contributed by atoms with van der Waals surface area (Å²) in [5.41, 5.74) is 71.1. The zero-order valence-electron chi connectivity index (χ0n) is 85.7. The molecule has 0 aromatic heterocycles. The summed E-state index contributed by atoms with van der Waals surface area (Å²) in [7, 11) is 0. The minimum absolute atomic E-state index is 0.0360. The van der Waals surface area contributed by atoms with Crippen molar-refractivity contribution in [2.24, 2.45) is 0 Å². The topological polar surface area (TPSA) is 0 Å². The fourth-order valence-corrected chi connectivity index (χ4v) is 28.6. The second-order valence-corrected chi connectivity index (χ2v) is 46.4. The highest BCUT2D eigenvalue weighted by atomic mass is 14.5. The van der Waals surface area contributed by atoms with E-state index in [9.17, 15) is 0 Å². The molecule has 0 nitrogen and oxygen atoms in total. The van der Waals surface area contributed by atoms with Crippen molar-refractivity contribution in [2.45, 2.75) is 308 Å². The Morgan fingerprint density at radius 1 is 0.148 bits per heavy atom. The van der Waals surface area contributed by atoms with Crippen molar-refractivity contribution in [3.05, 3.63) is 395 Å². The van der Waals surface area contributed by atoms with Gasteiger partial charge < -0.3 is 0 Å². The van der Waals surface area contributed by atoms with Gasteiger partial charge in [0.15, 0.2) is 0 Å². The van der Waals surface area contributed by atoms with Crippen LogP contribution in [-0.4, -0.2) is 0 Å². The van der Waals surface area contributed by atoms with Crippen LogP contribution in [0.2, 0.25) is 0 Å². The van der Waals surface area contributed by atoms with E-state index in [2.05, 4.69) is 372 Å². The standard InChI is InChI=1S/C25H26.C25H22.C23H26.C21H24.C21H20.C20H22/c2*1-15-13-21-23(19-11-7-5-9-17(15)19)24-20-12-8-6-10-18(20)16(2)14-22(24)25(21,3)4;1-13-11-19-21(17-9-5-7-15(13)17)22-18-10-6-8-16(18)14(2)12-20(22)23(19,3)4;2*1-13-9-10-17-18(11-13)21(3,4)19-12-14(2)15-7-5-6-8-16(15)20(17)19;1-12-8-9-16-17(10-12)20(3,4)18-11-13(2)14-6-5-7-15(14)19(16)18/h5,7,9,11,13-14H,6,8,10,12H2,1-4H3;5-14H,1-4H3;11-12H,5-10H2,1-4H3;9-12H,5-8H2,1-4H3;5-12H,1-4H3;8-11H,5-7H2,1-4H3. The molecule has 27 rings (SSSR count). The SMILES string of the molecule is Cc1cc2c(c3c1CCC3)-c1c(cc(C)c3c1CCC3)C2(C)C.Cc1cc2c(c3c1CCCC3)-c1c(cc(C)c3ccccc13)C2(C)C.Cc1cc2c(c3ccccc13)-c1c(cc(C)c3ccccc13)C2(C)C.Cc1ccc2c(c1)C(C)(C)c1cc(C)c3c(c1-2)CCC3.Cc1ccc2c(c1)C(C)(C)c1cc(C)c3c(c1-2)CCCC3.Cc1ccc2c(c1)C(C)(C)c1cc(C)c3ccccc3c1-2. The quantitative estimate of drug-likeness (QED) is 0.142. The van der Waals surface area contributed by atoms with Crippen molar-refractivity contribution in [2.75, 3.05) is 0 Å². The molecule has 0 bridgehead atoms. The van der Waals surface area contributed by atoms with Gasteiger partial charge in [0.1, 0.15) is 0 Å². The summed E-state index contributed by atoms with van der Waals surface area (Å²) in [6.07, 6.45) is 22.1. The molecule has 11 aliphatic rings. The molecule has 16 aromatic carbocycles. The molecule has 16 aromatic rings. The lowest BCUT2D eigenvalue weighted by atomic mass is 9.78. The molecule has 0 saturated heterocycles. The Morgan fingerprint density at radius 3 is 0.607 bits per heavy atom. The first-order chi connectivity index (χ1) is 64.5. The molecule has 0 unspecified atom stereocenters. The molecular formula is C135H140. The predicted octanol–water partition coefficient (Wildman–Crippen LogP) is 35.5. The van der Waals surface area contributed by atoms with E-state index in [0.29, 0.717) is 0 Å². The molecule has 0 saturated carbocycles. The van der Waals surface area contributed by atoms with E-state index in [0.717, 1.165) is 0 Å². The first-order valence-corrected chi connectivity index (χ1v) is 51.8. The highest BCUT2D eigenvalue weighted by Gasteiger charge is 2.47. The van der Waals surface area contributed by atoms with Gasteiger partial charge in [-0.15, -0.1) is 0 Å². The second-order valence-electron chi connectivity index (χ2n) is 46.4. The maximum absolute atomic E-state index is 2.52. The maximum atomic E-state index is 2.52. The normalized spacial score (nSPS) is 17.0. The monoisotopic (exact) mass is 1760 g/mol. The Kier molecular flexibility index (Phi) is 21.1. The number of rotatable bonds is 0. The van der Waals surface area contributed by atoms with E-state index in [1.54, 1.807) is 111 Å². The summed E-state index contributed by atoms with van der Waals surface area (Å²) in [6, 6.07) is 78.7. The second kappa shape index (κ2) is 32.1. The van der Waals surface area contributed by atoms with Crippen molar-refractivity contribution < 1.29 is 0 Å². The largest absolute Gasteiger partial charge is 0.0616 e. The maximum Gasteiger partial charge on any atom is 0.0159 e. The number of hydrogen-bond acceptors (Lipinski definition) is 0. The number of aryl methyl sites for hydroxylation is 12. The molecule has 11 aliphatic carbocycles. The summed E-state index contributed by atoms with van der Waals surface area (Å²) in [4.78, 5) is 0. The van der Waals surface area contributed by atoms with Crippen molar-refractivity contribution >= 4 is 43.1 Å². The molecule has 0 N–H and O–H groups in total. The summed E-state index contributed by atoms with van der Waals surface area (Å²) >= 11 is 0. The lowest BCUT2D eigenvalue weighted by Gasteiger charge is -2.26. The molecule has 0 amide bonds. The fourth-order valence-electron chi connectivity index (χ4n) is 28.6. The number of benzene rings is 16. The lowest BCUT2D eigenvalue weighted by molar-refractivity contribution is 0.650. The van der Waals surface area contributed by atoms with Crippen LogP contribution in [0.1, 0.15) is 317 Å². The van der Waals surface area contributed by atoms with Crippen LogP contribution in [0.5, 0.6) is 0 Å². The van der Waals surface area contributed by atoms with Crippen LogP contribution in [0.25, 0.3) is 110 Å². The Balaban J connectivity index is 0.0000000942. The molecule has 0 atom stereocenters. The van der Waals surface area contributed by atoms with Crippen LogP contribution in [0.3, 0.4) is 0 Å². The molecule has 0 aliphatic heterocycles. The van der Waals surface area contributed by atoms with Gasteiger partial charge in [0, 0.05) is 32.5 Å². The van der Waals surface area contributed by atoms with Crippen LogP contribution >= 0.6 is 0 Å². The Hall–Kier alpha value is -11.4. The number of hydrogen-bond donors (Lipinski definition) is 0. The molecule has 0 fully saturated rings. The predicted molar refractivity (Wildman–Crippen MR) is 580 cm³/mol. The van der Waals surface area contributed by atoms with Crippen LogP contribution in [0.15, 0.2) is 206 Å². The molecule has 135 heavy (non-hydrogen) atoms. The van der Waals surface area contributed by atoms with Crippen LogP contribution in [0, 0.1) is 83.1 Å². The Labute approximate surface area is 807 Å². The fraction of sp³-hybridized carbons (Fsp3) is 0.348. The molecule has 680 valence electrons. The van der Waals surface area contributed by atoms with Crippen molar-refractivity contribution in [1.29, 1.82) is 0 Å². The first-order valence-electron chi connectivity index (χ1n) is 51.8. The third-order valence-electron chi connectivity index (χ3n) is 35.8. The number of fused-ring (bicyclic) bond motifs is 36. The highest BCUT2D eigenvalue weighted by molar-refractivity contribution is 6.13. The van der Waals surface area contributed by atoms with E-state index in [1.165, 1.54) is 297 Å². The summed E-state index contributed by atoms with van der Waals surface area (Å²) < 4.78 is 0. The van der Waals surface area contributed by atoms with E-state index in [1.807, 2.05) is 0 Å². The summed E-state index contributed by atoms with van der Waals surface area (Å²) in [5.74, 6) is 0.